The molecule has 90 valence electrons. The van der Waals surface area contributed by atoms with E-state index in [0.29, 0.717) is 27.0 Å². The van der Waals surface area contributed by atoms with Crippen LogP contribution < -0.4 is 5.73 Å². The van der Waals surface area contributed by atoms with Crippen LogP contribution in [0.25, 0.3) is 0 Å². The van der Waals surface area contributed by atoms with Crippen molar-refractivity contribution in [3.8, 4) is 0 Å². The Morgan fingerprint density at radius 2 is 2.00 bits per heavy atom. The third-order valence-corrected chi connectivity index (χ3v) is 3.76. The average molecular weight is 311 g/mol. The number of alkyl halides is 1. The first-order valence-corrected chi connectivity index (χ1v) is 6.45. The van der Waals surface area contributed by atoms with Gasteiger partial charge < -0.3 is 5.73 Å². The second-order valence-corrected chi connectivity index (χ2v) is 5.22. The van der Waals surface area contributed by atoms with E-state index >= 15 is 0 Å². The van der Waals surface area contributed by atoms with E-state index in [4.69, 9.17) is 40.5 Å². The molecule has 0 aliphatic carbocycles. The van der Waals surface area contributed by atoms with E-state index in [1.165, 1.54) is 0 Å². The van der Waals surface area contributed by atoms with Crippen LogP contribution in [0, 0.1) is 0 Å². The molecule has 17 heavy (non-hydrogen) atoms. The number of hydrogen-bond donors (Lipinski definition) is 1. The second kappa shape index (κ2) is 4.94. The molecule has 0 saturated carbocycles. The zero-order valence-electron chi connectivity index (χ0n) is 8.28. The molecular formula is C9H6Cl3N3OS. The van der Waals surface area contributed by atoms with Crippen molar-refractivity contribution in [2.24, 2.45) is 14.5 Å². The molecule has 1 aromatic rings. The molecule has 1 aromatic carbocycles. The molecular weight excluding hydrogens is 305 g/mol. The maximum Gasteiger partial charge on any atom is 0.235 e. The summed E-state index contributed by atoms with van der Waals surface area (Å²) in [5.41, 5.74) is 6.88. The van der Waals surface area contributed by atoms with Gasteiger partial charge in [0.25, 0.3) is 0 Å². The summed E-state index contributed by atoms with van der Waals surface area (Å²) in [7, 11) is 0. The summed E-state index contributed by atoms with van der Waals surface area (Å²) in [6, 6.07) is 1.56. The molecule has 1 unspecified atom stereocenters. The zero-order chi connectivity index (χ0) is 12.6. The highest BCUT2D eigenvalue weighted by Gasteiger charge is 2.22. The predicted molar refractivity (Wildman–Crippen MR) is 70.5 cm³/mol. The number of hydrogen-bond acceptors (Lipinski definition) is 3. The Labute approximate surface area is 116 Å². The Morgan fingerprint density at radius 1 is 1.35 bits per heavy atom. The molecule has 1 aliphatic rings. The van der Waals surface area contributed by atoms with Crippen molar-refractivity contribution in [3.63, 3.8) is 0 Å². The minimum atomic E-state index is -0.835. The summed E-state index contributed by atoms with van der Waals surface area (Å²) < 4.78 is 8.16. The Hall–Kier alpha value is -0.620. The number of amides is 1. The summed E-state index contributed by atoms with van der Waals surface area (Å²) in [4.78, 5) is 10.9. The van der Waals surface area contributed by atoms with Crippen molar-refractivity contribution in [2.45, 2.75) is 11.8 Å². The molecule has 0 radical (unpaired) electrons. The molecule has 0 saturated heterocycles. The van der Waals surface area contributed by atoms with E-state index in [2.05, 4.69) is 8.73 Å². The molecule has 1 atom stereocenters. The number of benzene rings is 1. The van der Waals surface area contributed by atoms with Crippen molar-refractivity contribution in [1.82, 2.24) is 0 Å². The number of carbonyl (C=O) groups is 1. The molecule has 2 rings (SSSR count). The van der Waals surface area contributed by atoms with Gasteiger partial charge in [-0.1, -0.05) is 23.2 Å². The van der Waals surface area contributed by atoms with E-state index in [9.17, 15) is 4.79 Å². The fourth-order valence-corrected chi connectivity index (χ4v) is 2.76. The summed E-state index contributed by atoms with van der Waals surface area (Å²) in [6.07, 6.45) is 0.203. The van der Waals surface area contributed by atoms with Gasteiger partial charge in [0.2, 0.25) is 5.91 Å². The summed E-state index contributed by atoms with van der Waals surface area (Å²) in [6.45, 7) is 0. The molecule has 1 heterocycles. The van der Waals surface area contributed by atoms with E-state index in [-0.39, 0.29) is 6.42 Å². The van der Waals surface area contributed by atoms with Gasteiger partial charge >= 0.3 is 0 Å². The highest BCUT2D eigenvalue weighted by atomic mass is 35.5. The maximum absolute atomic E-state index is 10.9. The standard InChI is InChI=1S/C9H6Cl3N3OS/c10-4-2-5(11)8-7(14-17-15-8)3(4)1-6(12)9(13)16/h2,6H,1H2,(H2,13,16). The fraction of sp³-hybridized carbons (Fsp3) is 0.222. The summed E-state index contributed by atoms with van der Waals surface area (Å²) >= 11 is 18.9. The Balaban J connectivity index is 2.45. The third kappa shape index (κ3) is 2.47. The van der Waals surface area contributed by atoms with Gasteiger partial charge in [-0.15, -0.1) is 11.6 Å². The lowest BCUT2D eigenvalue weighted by atomic mass is 10.1. The highest BCUT2D eigenvalue weighted by molar-refractivity contribution is 7.58. The SMILES string of the molecule is NC(=O)C(Cl)Cc1c(Cl)cc(Cl)c2c1N=S=N2. The van der Waals surface area contributed by atoms with Gasteiger partial charge in [-0.25, -0.2) is 0 Å². The molecule has 4 nitrogen and oxygen atoms in total. The average Bonchev–Trinajstić information content (AvgIpc) is 2.72. The number of halogens is 3. The van der Waals surface area contributed by atoms with E-state index in [1.54, 1.807) is 6.07 Å². The topological polar surface area (TPSA) is 67.8 Å². The van der Waals surface area contributed by atoms with Gasteiger partial charge in [-0.2, -0.15) is 8.73 Å². The van der Waals surface area contributed by atoms with Crippen molar-refractivity contribution in [2.75, 3.05) is 0 Å². The summed E-state index contributed by atoms with van der Waals surface area (Å²) in [5.74, 6) is -0.603. The Bertz CT molecular complexity index is 569. The maximum atomic E-state index is 10.9. The molecule has 0 spiro atoms. The van der Waals surface area contributed by atoms with Gasteiger partial charge in [-0.05, 0) is 6.07 Å². The first-order valence-electron chi connectivity index (χ1n) is 4.53. The zero-order valence-corrected chi connectivity index (χ0v) is 11.4. The summed E-state index contributed by atoms with van der Waals surface area (Å²) in [5, 5.41) is -0.00614. The van der Waals surface area contributed by atoms with Gasteiger partial charge in [-0.3, -0.25) is 4.79 Å². The molecule has 0 fully saturated rings. The second-order valence-electron chi connectivity index (χ2n) is 3.35. The Morgan fingerprint density at radius 3 is 2.65 bits per heavy atom. The first kappa shape index (κ1) is 12.8. The first-order chi connectivity index (χ1) is 8.00. The van der Waals surface area contributed by atoms with Gasteiger partial charge in [0.15, 0.2) is 0 Å². The van der Waals surface area contributed by atoms with Crippen LogP contribution in [-0.4, -0.2) is 11.3 Å². The molecule has 2 N–H and O–H groups in total. The highest BCUT2D eigenvalue weighted by Crippen LogP contribution is 2.45. The van der Waals surface area contributed by atoms with Crippen molar-refractivity contribution >= 4 is 63.4 Å². The number of nitrogens with two attached hydrogens (primary N) is 1. The monoisotopic (exact) mass is 309 g/mol. The third-order valence-electron chi connectivity index (χ3n) is 2.23. The number of carbonyl (C=O) groups excluding carboxylic acids is 1. The van der Waals surface area contributed by atoms with Crippen LogP contribution in [0.15, 0.2) is 14.8 Å². The van der Waals surface area contributed by atoms with Gasteiger partial charge in [0, 0.05) is 17.0 Å². The molecule has 0 bridgehead atoms. The fourth-order valence-electron chi connectivity index (χ4n) is 1.40. The lowest BCUT2D eigenvalue weighted by Gasteiger charge is -2.11. The quantitative estimate of drug-likeness (QED) is 0.868. The van der Waals surface area contributed by atoms with Crippen molar-refractivity contribution < 1.29 is 4.79 Å². The van der Waals surface area contributed by atoms with E-state index in [1.807, 2.05) is 0 Å². The minimum absolute atomic E-state index is 0.203. The number of primary amides is 1. The normalized spacial score (nSPS) is 14.3. The Kier molecular flexibility index (Phi) is 3.73. The van der Waals surface area contributed by atoms with Crippen LogP contribution in [-0.2, 0) is 22.6 Å². The lowest BCUT2D eigenvalue weighted by Crippen LogP contribution is -2.25. The molecule has 0 aromatic heterocycles. The van der Waals surface area contributed by atoms with E-state index in [0.717, 1.165) is 11.4 Å². The molecule has 1 amide bonds. The number of rotatable bonds is 3. The lowest BCUT2D eigenvalue weighted by molar-refractivity contribution is -0.117. The minimum Gasteiger partial charge on any atom is -0.368 e. The van der Waals surface area contributed by atoms with Crippen LogP contribution in [0.4, 0.5) is 11.4 Å². The number of fused-ring (bicyclic) bond motifs is 1. The number of nitrogens with zero attached hydrogens (tertiary/aromatic N) is 2. The van der Waals surface area contributed by atoms with Crippen LogP contribution in [0.1, 0.15) is 5.56 Å². The largest absolute Gasteiger partial charge is 0.368 e. The van der Waals surface area contributed by atoms with Crippen molar-refractivity contribution in [3.05, 3.63) is 21.7 Å². The van der Waals surface area contributed by atoms with Crippen molar-refractivity contribution in [1.29, 1.82) is 0 Å². The van der Waals surface area contributed by atoms with Crippen LogP contribution in [0.5, 0.6) is 0 Å². The van der Waals surface area contributed by atoms with Gasteiger partial charge in [0.1, 0.15) is 16.8 Å². The van der Waals surface area contributed by atoms with Crippen LogP contribution >= 0.6 is 34.8 Å². The van der Waals surface area contributed by atoms with E-state index < -0.39 is 11.3 Å². The molecule has 1 aliphatic heterocycles. The smallest absolute Gasteiger partial charge is 0.235 e. The predicted octanol–water partition coefficient (Wildman–Crippen LogP) is 3.36. The molecule has 8 heteroatoms. The van der Waals surface area contributed by atoms with Gasteiger partial charge in [0.05, 0.1) is 16.4 Å². The van der Waals surface area contributed by atoms with Crippen LogP contribution in [0.2, 0.25) is 10.0 Å². The van der Waals surface area contributed by atoms with Crippen LogP contribution in [0.3, 0.4) is 0 Å².